The second kappa shape index (κ2) is 5.30. The third kappa shape index (κ3) is 2.76. The van der Waals surface area contributed by atoms with Crippen LogP contribution in [0.4, 0.5) is 0 Å². The molecule has 0 radical (unpaired) electrons. The molecule has 0 aromatic heterocycles. The molecular weight excluding hydrogens is 248 g/mol. The summed E-state index contributed by atoms with van der Waals surface area (Å²) in [5.74, 6) is -0.560. The molecule has 0 saturated carbocycles. The molecule has 7 nitrogen and oxygen atoms in total. The predicted molar refractivity (Wildman–Crippen MR) is 60.5 cm³/mol. The number of carbonyl (C=O) groups is 1. The van der Waals surface area contributed by atoms with E-state index in [0.717, 1.165) is 8.61 Å². The molecule has 1 heterocycles. The fraction of sp³-hybridized carbons (Fsp3) is 0.889. The first-order valence-corrected chi connectivity index (χ1v) is 6.54. The lowest BCUT2D eigenvalue weighted by molar-refractivity contribution is -0.144. The molecule has 17 heavy (non-hydrogen) atoms. The quantitative estimate of drug-likeness (QED) is 0.614. The van der Waals surface area contributed by atoms with Crippen LogP contribution in [0.15, 0.2) is 0 Å². The smallest absolute Gasteiger partial charge is 0.324 e. The molecule has 100 valence electrons. The van der Waals surface area contributed by atoms with Gasteiger partial charge in [0, 0.05) is 34.2 Å². The summed E-state index contributed by atoms with van der Waals surface area (Å²) < 4.78 is 35.9. The predicted octanol–water partition coefficient (Wildman–Crippen LogP) is -0.945. The van der Waals surface area contributed by atoms with Crippen molar-refractivity contribution in [2.75, 3.05) is 34.9 Å². The van der Waals surface area contributed by atoms with Crippen LogP contribution >= 0.6 is 0 Å². The molecule has 1 aliphatic rings. The van der Waals surface area contributed by atoms with E-state index in [1.54, 1.807) is 0 Å². The van der Waals surface area contributed by atoms with Crippen molar-refractivity contribution in [1.82, 2.24) is 8.61 Å². The highest BCUT2D eigenvalue weighted by Gasteiger charge is 2.45. The van der Waals surface area contributed by atoms with Crippen molar-refractivity contribution in [2.24, 2.45) is 0 Å². The molecule has 0 spiro atoms. The third-order valence-electron chi connectivity index (χ3n) is 2.78. The van der Waals surface area contributed by atoms with Crippen molar-refractivity contribution in [3.05, 3.63) is 0 Å². The van der Waals surface area contributed by atoms with Gasteiger partial charge < -0.3 is 9.47 Å². The van der Waals surface area contributed by atoms with E-state index in [1.807, 2.05) is 0 Å². The number of carbonyl (C=O) groups excluding carboxylic acids is 1. The lowest BCUT2D eigenvalue weighted by Gasteiger charge is -2.24. The lowest BCUT2D eigenvalue weighted by atomic mass is 10.2. The number of hydrogen-bond donors (Lipinski definition) is 0. The van der Waals surface area contributed by atoms with Gasteiger partial charge in [0.25, 0.3) is 10.2 Å². The van der Waals surface area contributed by atoms with Crippen LogP contribution in [0.5, 0.6) is 0 Å². The summed E-state index contributed by atoms with van der Waals surface area (Å²) >= 11 is 0. The van der Waals surface area contributed by atoms with Crippen molar-refractivity contribution in [1.29, 1.82) is 0 Å². The Morgan fingerprint density at radius 1 is 1.35 bits per heavy atom. The maximum Gasteiger partial charge on any atom is 0.324 e. The summed E-state index contributed by atoms with van der Waals surface area (Å²) in [4.78, 5) is 11.6. The average Bonchev–Trinajstić information content (AvgIpc) is 2.72. The summed E-state index contributed by atoms with van der Waals surface area (Å²) in [5.41, 5.74) is 0. The second-order valence-electron chi connectivity index (χ2n) is 3.99. The number of nitrogens with zero attached hydrogens (tertiary/aromatic N) is 2. The van der Waals surface area contributed by atoms with Crippen LogP contribution in [-0.2, 0) is 24.5 Å². The number of rotatable bonds is 4. The Bertz CT molecular complexity index is 381. The van der Waals surface area contributed by atoms with E-state index in [9.17, 15) is 13.2 Å². The van der Waals surface area contributed by atoms with Gasteiger partial charge in [-0.3, -0.25) is 4.79 Å². The topological polar surface area (TPSA) is 76.1 Å². The first-order chi connectivity index (χ1) is 7.84. The normalized spacial score (nSPS) is 26.4. The van der Waals surface area contributed by atoms with E-state index >= 15 is 0 Å². The van der Waals surface area contributed by atoms with Gasteiger partial charge >= 0.3 is 5.97 Å². The van der Waals surface area contributed by atoms with Crippen LogP contribution in [0.3, 0.4) is 0 Å². The molecule has 8 heteroatoms. The van der Waals surface area contributed by atoms with Crippen molar-refractivity contribution < 1.29 is 22.7 Å². The first-order valence-electron chi connectivity index (χ1n) is 5.14. The lowest BCUT2D eigenvalue weighted by Crippen LogP contribution is -2.46. The van der Waals surface area contributed by atoms with Gasteiger partial charge in [-0.05, 0) is 0 Å². The zero-order valence-electron chi connectivity index (χ0n) is 10.4. The van der Waals surface area contributed by atoms with Gasteiger partial charge in [0.2, 0.25) is 0 Å². The summed E-state index contributed by atoms with van der Waals surface area (Å²) in [5, 5.41) is 0. The van der Waals surface area contributed by atoms with E-state index in [2.05, 4.69) is 4.74 Å². The largest absolute Gasteiger partial charge is 0.468 e. The Balaban J connectivity index is 2.99. The Morgan fingerprint density at radius 3 is 2.35 bits per heavy atom. The summed E-state index contributed by atoms with van der Waals surface area (Å²) in [7, 11) is 1.93. The van der Waals surface area contributed by atoms with Gasteiger partial charge in [0.15, 0.2) is 0 Å². The monoisotopic (exact) mass is 266 g/mol. The van der Waals surface area contributed by atoms with Gasteiger partial charge in [-0.2, -0.15) is 17.0 Å². The van der Waals surface area contributed by atoms with Crippen molar-refractivity contribution in [3.8, 4) is 0 Å². The van der Waals surface area contributed by atoms with Crippen LogP contribution in [0, 0.1) is 0 Å². The molecule has 0 aliphatic carbocycles. The average molecular weight is 266 g/mol. The van der Waals surface area contributed by atoms with Crippen LogP contribution in [0.25, 0.3) is 0 Å². The minimum absolute atomic E-state index is 0.163. The van der Waals surface area contributed by atoms with Gasteiger partial charge in [0.1, 0.15) is 6.04 Å². The minimum Gasteiger partial charge on any atom is -0.468 e. The summed E-state index contributed by atoms with van der Waals surface area (Å²) in [6, 6.07) is -0.808. The fourth-order valence-corrected chi connectivity index (χ4v) is 3.02. The van der Waals surface area contributed by atoms with Crippen molar-refractivity contribution in [3.63, 3.8) is 0 Å². The summed E-state index contributed by atoms with van der Waals surface area (Å²) in [6.45, 7) is 0.163. The van der Waals surface area contributed by atoms with Crippen LogP contribution in [0.2, 0.25) is 0 Å². The van der Waals surface area contributed by atoms with Crippen LogP contribution in [0.1, 0.15) is 6.42 Å². The molecule has 1 rings (SSSR count). The SMILES string of the molecule is COC(=O)[C@H]1C[C@H](OC)CN1S(=O)(=O)N(C)C. The highest BCUT2D eigenvalue weighted by atomic mass is 32.2. The third-order valence-corrected chi connectivity index (χ3v) is 4.70. The Labute approximate surface area is 101 Å². The highest BCUT2D eigenvalue weighted by molar-refractivity contribution is 7.86. The molecule has 0 N–H and O–H groups in total. The molecule has 1 aliphatic heterocycles. The second-order valence-corrected chi connectivity index (χ2v) is 6.09. The van der Waals surface area contributed by atoms with E-state index < -0.39 is 22.2 Å². The molecule has 0 bridgehead atoms. The molecular formula is C9H18N2O5S. The molecule has 2 atom stereocenters. The molecule has 1 fully saturated rings. The Kier molecular flexibility index (Phi) is 4.48. The maximum absolute atomic E-state index is 12.0. The van der Waals surface area contributed by atoms with Gasteiger partial charge in [0.05, 0.1) is 13.2 Å². The highest BCUT2D eigenvalue weighted by Crippen LogP contribution is 2.25. The van der Waals surface area contributed by atoms with Gasteiger partial charge in [-0.1, -0.05) is 0 Å². The Hall–Kier alpha value is -0.700. The molecule has 0 aromatic rings. The zero-order chi connectivity index (χ0) is 13.2. The molecule has 0 amide bonds. The van der Waals surface area contributed by atoms with Crippen molar-refractivity contribution >= 4 is 16.2 Å². The summed E-state index contributed by atoms with van der Waals surface area (Å²) in [6.07, 6.45) is 0.0322. The number of esters is 1. The Morgan fingerprint density at radius 2 is 1.94 bits per heavy atom. The molecule has 0 aromatic carbocycles. The van der Waals surface area contributed by atoms with E-state index in [0.29, 0.717) is 6.42 Å². The first kappa shape index (κ1) is 14.4. The van der Waals surface area contributed by atoms with Gasteiger partial charge in [-0.25, -0.2) is 0 Å². The molecule has 1 saturated heterocycles. The fourth-order valence-electron chi connectivity index (χ4n) is 1.75. The van der Waals surface area contributed by atoms with E-state index in [4.69, 9.17) is 4.74 Å². The number of hydrogen-bond acceptors (Lipinski definition) is 5. The van der Waals surface area contributed by atoms with E-state index in [1.165, 1.54) is 28.3 Å². The molecule has 0 unspecified atom stereocenters. The minimum atomic E-state index is -3.64. The van der Waals surface area contributed by atoms with Crippen molar-refractivity contribution in [2.45, 2.75) is 18.6 Å². The standard InChI is InChI=1S/C9H18N2O5S/c1-10(2)17(13,14)11-6-7(15-3)5-8(11)9(12)16-4/h7-8H,5-6H2,1-4H3/t7-,8+/m0/s1. The maximum atomic E-state index is 12.0. The number of ether oxygens (including phenoxy) is 2. The van der Waals surface area contributed by atoms with Gasteiger partial charge in [-0.15, -0.1) is 0 Å². The van der Waals surface area contributed by atoms with Crippen LogP contribution < -0.4 is 0 Å². The zero-order valence-corrected chi connectivity index (χ0v) is 11.2. The van der Waals surface area contributed by atoms with E-state index in [-0.39, 0.29) is 12.6 Å². The number of methoxy groups -OCH3 is 2. The van der Waals surface area contributed by atoms with Crippen LogP contribution in [-0.4, -0.2) is 70.0 Å².